The van der Waals surface area contributed by atoms with Crippen molar-refractivity contribution >= 4 is 17.1 Å². The highest BCUT2D eigenvalue weighted by molar-refractivity contribution is 5.77. The molecule has 0 bridgehead atoms. The summed E-state index contributed by atoms with van der Waals surface area (Å²) in [6.07, 6.45) is 1.50. The van der Waals surface area contributed by atoms with Crippen LogP contribution < -0.4 is 17.2 Å². The number of nitrogens with two attached hydrogens (primary N) is 3. The molecule has 10 heavy (non-hydrogen) atoms. The first-order chi connectivity index (χ1) is 4.63. The Morgan fingerprint density at radius 1 is 1.20 bits per heavy atom. The molecule has 4 heteroatoms. The summed E-state index contributed by atoms with van der Waals surface area (Å²) in [6.45, 7) is 1.78. The third-order valence-electron chi connectivity index (χ3n) is 1.39. The van der Waals surface area contributed by atoms with E-state index in [-0.39, 0.29) is 0 Å². The number of nitrogens with zero attached hydrogens (tertiary/aromatic N) is 1. The third-order valence-corrected chi connectivity index (χ3v) is 1.39. The van der Waals surface area contributed by atoms with Gasteiger partial charge in [0.05, 0.1) is 29.0 Å². The van der Waals surface area contributed by atoms with Crippen LogP contribution in [0.5, 0.6) is 0 Å². The van der Waals surface area contributed by atoms with Gasteiger partial charge in [0.25, 0.3) is 0 Å². The Labute approximate surface area is 59.0 Å². The van der Waals surface area contributed by atoms with Crippen LogP contribution in [0, 0.1) is 6.92 Å². The van der Waals surface area contributed by atoms with Crippen LogP contribution in [0.2, 0.25) is 0 Å². The lowest BCUT2D eigenvalue weighted by Crippen LogP contribution is -2.03. The molecular weight excluding hydrogens is 128 g/mol. The molecule has 0 atom stereocenters. The number of aromatic nitrogens is 1. The average Bonchev–Trinajstić information content (AvgIpc) is 1.93. The summed E-state index contributed by atoms with van der Waals surface area (Å²) in [5.74, 6) is 0. The number of nitrogen functional groups attached to an aromatic ring is 3. The zero-order chi connectivity index (χ0) is 7.72. The van der Waals surface area contributed by atoms with Gasteiger partial charge in [-0.3, -0.25) is 4.98 Å². The Morgan fingerprint density at radius 3 is 2.30 bits per heavy atom. The predicted molar refractivity (Wildman–Crippen MR) is 42.2 cm³/mol. The molecule has 0 aliphatic rings. The number of hydrogen-bond donors (Lipinski definition) is 3. The summed E-state index contributed by atoms with van der Waals surface area (Å²) in [7, 11) is 0. The van der Waals surface area contributed by atoms with Gasteiger partial charge >= 0.3 is 0 Å². The van der Waals surface area contributed by atoms with Crippen molar-refractivity contribution in [3.63, 3.8) is 0 Å². The zero-order valence-electron chi connectivity index (χ0n) is 5.76. The van der Waals surface area contributed by atoms with Crippen LogP contribution in [0.15, 0.2) is 6.20 Å². The number of hydrogen-bond acceptors (Lipinski definition) is 4. The predicted octanol–water partition coefficient (Wildman–Crippen LogP) is 0.137. The average molecular weight is 138 g/mol. The smallest absolute Gasteiger partial charge is 0.0816 e. The van der Waals surface area contributed by atoms with Gasteiger partial charge in [-0.1, -0.05) is 0 Å². The summed E-state index contributed by atoms with van der Waals surface area (Å²) < 4.78 is 0. The highest BCUT2D eigenvalue weighted by atomic mass is 14.8. The molecule has 1 rings (SSSR count). The lowest BCUT2D eigenvalue weighted by atomic mass is 10.2. The van der Waals surface area contributed by atoms with Crippen LogP contribution in [0.1, 0.15) is 5.69 Å². The molecule has 0 saturated carbocycles. The van der Waals surface area contributed by atoms with E-state index in [0.29, 0.717) is 22.8 Å². The Bertz CT molecular complexity index is 229. The molecule has 0 spiro atoms. The third kappa shape index (κ3) is 0.834. The normalized spacial score (nSPS) is 9.70. The van der Waals surface area contributed by atoms with Crippen LogP contribution in [0.3, 0.4) is 0 Å². The molecule has 1 aromatic heterocycles. The van der Waals surface area contributed by atoms with Crippen molar-refractivity contribution in [1.82, 2.24) is 4.98 Å². The molecule has 0 aromatic carbocycles. The van der Waals surface area contributed by atoms with Crippen LogP contribution in [-0.2, 0) is 0 Å². The van der Waals surface area contributed by atoms with Crippen LogP contribution in [0.4, 0.5) is 17.1 Å². The molecule has 0 unspecified atom stereocenters. The highest BCUT2D eigenvalue weighted by Crippen LogP contribution is 2.22. The minimum Gasteiger partial charge on any atom is -0.396 e. The molecule has 0 saturated heterocycles. The van der Waals surface area contributed by atoms with E-state index in [1.54, 1.807) is 6.92 Å². The molecule has 0 fully saturated rings. The summed E-state index contributed by atoms with van der Waals surface area (Å²) >= 11 is 0. The van der Waals surface area contributed by atoms with Gasteiger partial charge in [0.2, 0.25) is 0 Å². The lowest BCUT2D eigenvalue weighted by Gasteiger charge is -2.04. The molecule has 0 aliphatic carbocycles. The van der Waals surface area contributed by atoms with Crippen molar-refractivity contribution in [2.24, 2.45) is 0 Å². The molecule has 54 valence electrons. The Morgan fingerprint density at radius 2 is 1.80 bits per heavy atom. The molecule has 0 amide bonds. The fourth-order valence-corrected chi connectivity index (χ4v) is 0.656. The zero-order valence-corrected chi connectivity index (χ0v) is 5.76. The number of anilines is 3. The maximum absolute atomic E-state index is 5.52. The van der Waals surface area contributed by atoms with Gasteiger partial charge in [0.1, 0.15) is 0 Å². The van der Waals surface area contributed by atoms with E-state index in [1.807, 2.05) is 0 Å². The van der Waals surface area contributed by atoms with Crippen LogP contribution >= 0.6 is 0 Å². The largest absolute Gasteiger partial charge is 0.396 e. The first-order valence-corrected chi connectivity index (χ1v) is 2.89. The molecule has 6 N–H and O–H groups in total. The Hall–Kier alpha value is -1.45. The SMILES string of the molecule is Cc1ncc(N)c(N)c1N. The second-order valence-corrected chi connectivity index (χ2v) is 2.13. The van der Waals surface area contributed by atoms with Gasteiger partial charge in [0, 0.05) is 0 Å². The molecular formula is C6H10N4. The summed E-state index contributed by atoms with van der Waals surface area (Å²) in [4.78, 5) is 3.91. The fraction of sp³-hybridized carbons (Fsp3) is 0.167. The van der Waals surface area contributed by atoms with E-state index >= 15 is 0 Å². The van der Waals surface area contributed by atoms with Gasteiger partial charge in [-0.2, -0.15) is 0 Å². The number of rotatable bonds is 0. The highest BCUT2D eigenvalue weighted by Gasteiger charge is 2.01. The standard InChI is InChI=1S/C6H10N4/c1-3-5(8)6(9)4(7)2-10-3/h2H,7-8H2,1H3,(H2,9,10). The summed E-state index contributed by atoms with van der Waals surface area (Å²) in [6, 6.07) is 0. The van der Waals surface area contributed by atoms with E-state index in [0.717, 1.165) is 0 Å². The van der Waals surface area contributed by atoms with Gasteiger partial charge in [-0.25, -0.2) is 0 Å². The quantitative estimate of drug-likeness (QED) is 0.475. The minimum absolute atomic E-state index is 0.424. The molecule has 1 heterocycles. The summed E-state index contributed by atoms with van der Waals surface area (Å²) in [5.41, 5.74) is 18.5. The second-order valence-electron chi connectivity index (χ2n) is 2.13. The first-order valence-electron chi connectivity index (χ1n) is 2.89. The number of aryl methyl sites for hydroxylation is 1. The number of pyridine rings is 1. The van der Waals surface area contributed by atoms with Crippen molar-refractivity contribution in [2.45, 2.75) is 6.92 Å². The second kappa shape index (κ2) is 2.06. The van der Waals surface area contributed by atoms with Crippen molar-refractivity contribution < 1.29 is 0 Å². The van der Waals surface area contributed by atoms with Crippen molar-refractivity contribution in [3.8, 4) is 0 Å². The molecule has 4 nitrogen and oxygen atoms in total. The van der Waals surface area contributed by atoms with Crippen LogP contribution in [0.25, 0.3) is 0 Å². The molecule has 1 aromatic rings. The van der Waals surface area contributed by atoms with Gasteiger partial charge in [-0.15, -0.1) is 0 Å². The van der Waals surface area contributed by atoms with Crippen LogP contribution in [-0.4, -0.2) is 4.98 Å². The van der Waals surface area contributed by atoms with Gasteiger partial charge in [-0.05, 0) is 6.92 Å². The maximum Gasteiger partial charge on any atom is 0.0816 e. The summed E-state index contributed by atoms with van der Waals surface area (Å²) in [5, 5.41) is 0. The Kier molecular flexibility index (Phi) is 1.37. The van der Waals surface area contributed by atoms with E-state index in [2.05, 4.69) is 4.98 Å². The van der Waals surface area contributed by atoms with E-state index < -0.39 is 0 Å². The molecule has 0 aliphatic heterocycles. The monoisotopic (exact) mass is 138 g/mol. The van der Waals surface area contributed by atoms with Gasteiger partial charge in [0.15, 0.2) is 0 Å². The van der Waals surface area contributed by atoms with Crippen molar-refractivity contribution in [3.05, 3.63) is 11.9 Å². The van der Waals surface area contributed by atoms with Crippen molar-refractivity contribution in [2.75, 3.05) is 17.2 Å². The van der Waals surface area contributed by atoms with E-state index in [9.17, 15) is 0 Å². The Balaban J connectivity index is 3.34. The van der Waals surface area contributed by atoms with Gasteiger partial charge < -0.3 is 17.2 Å². The minimum atomic E-state index is 0.424. The van der Waals surface area contributed by atoms with E-state index in [4.69, 9.17) is 17.2 Å². The molecule has 0 radical (unpaired) electrons. The first kappa shape index (κ1) is 6.67. The van der Waals surface area contributed by atoms with Crippen molar-refractivity contribution in [1.29, 1.82) is 0 Å². The lowest BCUT2D eigenvalue weighted by molar-refractivity contribution is 1.21. The van der Waals surface area contributed by atoms with E-state index in [1.165, 1.54) is 6.20 Å². The maximum atomic E-state index is 5.52. The topological polar surface area (TPSA) is 90.9 Å². The fourth-order valence-electron chi connectivity index (χ4n) is 0.656.